The zero-order valence-corrected chi connectivity index (χ0v) is 39.4. The highest BCUT2D eigenvalue weighted by atomic mass is 16.6. The van der Waals surface area contributed by atoms with Gasteiger partial charge in [-0.1, -0.05) is 195 Å². The maximum atomic E-state index is 12.7. The van der Waals surface area contributed by atoms with Crippen LogP contribution in [0.15, 0.2) is 97.2 Å². The Balaban J connectivity index is 4.24. The quantitative estimate of drug-likeness (QED) is 0.0263. The monoisotopic (exact) mass is 847 g/mol. The highest BCUT2D eigenvalue weighted by Crippen LogP contribution is 2.13. The molecule has 0 aromatic carbocycles. The molecule has 0 rings (SSSR count). The van der Waals surface area contributed by atoms with Crippen molar-refractivity contribution in [2.75, 3.05) is 13.2 Å². The molecule has 0 fully saturated rings. The maximum Gasteiger partial charge on any atom is 0.306 e. The summed E-state index contributed by atoms with van der Waals surface area (Å²) >= 11 is 0. The number of ether oxygens (including phenoxy) is 3. The minimum atomic E-state index is -0.790. The van der Waals surface area contributed by atoms with Crippen LogP contribution in [-0.4, -0.2) is 37.2 Å². The van der Waals surface area contributed by atoms with Crippen LogP contribution in [0.1, 0.15) is 213 Å². The van der Waals surface area contributed by atoms with Crippen molar-refractivity contribution in [3.05, 3.63) is 97.2 Å². The normalized spacial score (nSPS) is 12.9. The minimum absolute atomic E-state index is 0.0921. The SMILES string of the molecule is CC/C=C\C/C=C\C/C=C\C/C=C\CCCCCCCCCCC(=O)OCC(COC(=O)CCCCCCC)OC(=O)CCCCCC/C=C\C/C=C\C/C=C\C/C=C\CC. The van der Waals surface area contributed by atoms with Gasteiger partial charge in [0.1, 0.15) is 13.2 Å². The lowest BCUT2D eigenvalue weighted by Gasteiger charge is -2.18. The molecular weight excluding hydrogens is 757 g/mol. The molecule has 0 aromatic heterocycles. The molecule has 0 aliphatic heterocycles. The van der Waals surface area contributed by atoms with E-state index in [9.17, 15) is 14.4 Å². The summed E-state index contributed by atoms with van der Waals surface area (Å²) in [6.45, 7) is 6.28. The molecule has 0 spiro atoms. The summed E-state index contributed by atoms with van der Waals surface area (Å²) in [5, 5.41) is 0. The summed E-state index contributed by atoms with van der Waals surface area (Å²) in [6, 6.07) is 0. The number of unbranched alkanes of at least 4 members (excludes halogenated alkanes) is 16. The van der Waals surface area contributed by atoms with E-state index in [4.69, 9.17) is 14.2 Å². The summed E-state index contributed by atoms with van der Waals surface area (Å²) in [4.78, 5) is 37.6. The van der Waals surface area contributed by atoms with Gasteiger partial charge in [0.2, 0.25) is 0 Å². The van der Waals surface area contributed by atoms with E-state index < -0.39 is 6.10 Å². The van der Waals surface area contributed by atoms with E-state index >= 15 is 0 Å². The third kappa shape index (κ3) is 47.2. The Labute approximate surface area is 375 Å². The maximum absolute atomic E-state index is 12.7. The van der Waals surface area contributed by atoms with E-state index in [1.54, 1.807) is 0 Å². The standard InChI is InChI=1S/C55H90O6/c1-4-7-10-13-15-17-19-21-23-25-26-27-28-30-31-33-35-37-39-42-45-48-54(57)60-51-52(50-59-53(56)47-44-41-12-9-6-3)61-55(58)49-46-43-40-38-36-34-32-29-24-22-20-18-16-14-11-8-5-2/h7-8,10-11,15-18,21-24,26-27,32,34,52H,4-6,9,12-14,19-20,25,28-31,33,35-51H2,1-3H3/b10-7-,11-8-,17-15-,18-16-,23-21-,24-22-,27-26-,34-32-. The second-order valence-corrected chi connectivity index (χ2v) is 16.0. The predicted octanol–water partition coefficient (Wildman–Crippen LogP) is 16.2. The van der Waals surface area contributed by atoms with Crippen molar-refractivity contribution in [1.29, 1.82) is 0 Å². The first-order valence-electron chi connectivity index (χ1n) is 24.7. The van der Waals surface area contributed by atoms with Gasteiger partial charge in [-0.05, 0) is 96.3 Å². The first kappa shape index (κ1) is 57.3. The largest absolute Gasteiger partial charge is 0.462 e. The van der Waals surface area contributed by atoms with Gasteiger partial charge in [-0.2, -0.15) is 0 Å². The Morgan fingerprint density at radius 2 is 0.639 bits per heavy atom. The fourth-order valence-electron chi connectivity index (χ4n) is 6.42. The smallest absolute Gasteiger partial charge is 0.306 e. The Hall–Kier alpha value is -3.67. The fourth-order valence-corrected chi connectivity index (χ4v) is 6.42. The molecule has 6 nitrogen and oxygen atoms in total. The first-order valence-corrected chi connectivity index (χ1v) is 24.7. The van der Waals surface area contributed by atoms with Crippen molar-refractivity contribution in [3.8, 4) is 0 Å². The molecule has 0 bridgehead atoms. The molecule has 0 aromatic rings. The number of rotatable bonds is 43. The Bertz CT molecular complexity index is 1250. The van der Waals surface area contributed by atoms with Gasteiger partial charge in [-0.3, -0.25) is 14.4 Å². The van der Waals surface area contributed by atoms with E-state index in [-0.39, 0.29) is 31.1 Å². The van der Waals surface area contributed by atoms with Crippen LogP contribution in [0.5, 0.6) is 0 Å². The summed E-state index contributed by atoms with van der Waals surface area (Å²) in [6.07, 6.45) is 64.2. The van der Waals surface area contributed by atoms with Gasteiger partial charge in [-0.25, -0.2) is 0 Å². The van der Waals surface area contributed by atoms with Gasteiger partial charge < -0.3 is 14.2 Å². The lowest BCUT2D eigenvalue weighted by molar-refractivity contribution is -0.167. The van der Waals surface area contributed by atoms with Crippen molar-refractivity contribution in [2.45, 2.75) is 219 Å². The molecule has 0 heterocycles. The van der Waals surface area contributed by atoms with Crippen LogP contribution in [0.4, 0.5) is 0 Å². The minimum Gasteiger partial charge on any atom is -0.462 e. The zero-order chi connectivity index (χ0) is 44.4. The van der Waals surface area contributed by atoms with Crippen molar-refractivity contribution in [1.82, 2.24) is 0 Å². The molecule has 1 unspecified atom stereocenters. The van der Waals surface area contributed by atoms with E-state index in [2.05, 4.69) is 118 Å². The molecule has 0 aliphatic carbocycles. The highest BCUT2D eigenvalue weighted by Gasteiger charge is 2.19. The molecular formula is C55H90O6. The van der Waals surface area contributed by atoms with Gasteiger partial charge in [0.25, 0.3) is 0 Å². The van der Waals surface area contributed by atoms with Crippen molar-refractivity contribution in [2.24, 2.45) is 0 Å². The summed E-state index contributed by atoms with van der Waals surface area (Å²) in [5.74, 6) is -0.944. The molecule has 61 heavy (non-hydrogen) atoms. The number of carbonyl (C=O) groups excluding carboxylic acids is 3. The van der Waals surface area contributed by atoms with Crippen molar-refractivity contribution in [3.63, 3.8) is 0 Å². The van der Waals surface area contributed by atoms with Crippen LogP contribution in [0.25, 0.3) is 0 Å². The van der Waals surface area contributed by atoms with Crippen LogP contribution in [0.3, 0.4) is 0 Å². The molecule has 0 amide bonds. The number of esters is 3. The predicted molar refractivity (Wildman–Crippen MR) is 260 cm³/mol. The third-order valence-corrected chi connectivity index (χ3v) is 10.1. The van der Waals surface area contributed by atoms with Gasteiger partial charge in [0, 0.05) is 19.3 Å². The van der Waals surface area contributed by atoms with Gasteiger partial charge in [0.15, 0.2) is 6.10 Å². The van der Waals surface area contributed by atoms with Crippen LogP contribution < -0.4 is 0 Å². The Morgan fingerprint density at radius 1 is 0.344 bits per heavy atom. The van der Waals surface area contributed by atoms with E-state index in [1.807, 2.05) is 0 Å². The molecule has 0 saturated heterocycles. The highest BCUT2D eigenvalue weighted by molar-refractivity contribution is 5.71. The van der Waals surface area contributed by atoms with E-state index in [0.717, 1.165) is 141 Å². The average Bonchev–Trinajstić information content (AvgIpc) is 3.26. The van der Waals surface area contributed by atoms with Gasteiger partial charge in [0.05, 0.1) is 0 Å². The number of hydrogen-bond acceptors (Lipinski definition) is 6. The van der Waals surface area contributed by atoms with Crippen molar-refractivity contribution >= 4 is 17.9 Å². The Kier molecular flexibility index (Phi) is 46.0. The zero-order valence-electron chi connectivity index (χ0n) is 39.4. The summed E-state index contributed by atoms with van der Waals surface area (Å²) in [5.41, 5.74) is 0. The second kappa shape index (κ2) is 49.0. The fraction of sp³-hybridized carbons (Fsp3) is 0.655. The molecule has 0 aliphatic rings. The first-order chi connectivity index (χ1) is 30.0. The molecule has 0 N–H and O–H groups in total. The third-order valence-electron chi connectivity index (χ3n) is 10.1. The van der Waals surface area contributed by atoms with Crippen LogP contribution in [0, 0.1) is 0 Å². The van der Waals surface area contributed by atoms with Crippen LogP contribution in [0.2, 0.25) is 0 Å². The molecule has 6 heteroatoms. The van der Waals surface area contributed by atoms with Crippen LogP contribution >= 0.6 is 0 Å². The second-order valence-electron chi connectivity index (χ2n) is 16.0. The van der Waals surface area contributed by atoms with Crippen LogP contribution in [-0.2, 0) is 28.6 Å². The molecule has 0 saturated carbocycles. The average molecular weight is 847 g/mol. The summed E-state index contributed by atoms with van der Waals surface area (Å²) < 4.78 is 16.6. The van der Waals surface area contributed by atoms with E-state index in [0.29, 0.717) is 19.3 Å². The van der Waals surface area contributed by atoms with Gasteiger partial charge in [-0.15, -0.1) is 0 Å². The van der Waals surface area contributed by atoms with E-state index in [1.165, 1.54) is 32.1 Å². The number of allylic oxidation sites excluding steroid dienone is 16. The molecule has 346 valence electrons. The Morgan fingerprint density at radius 3 is 1.00 bits per heavy atom. The lowest BCUT2D eigenvalue weighted by Crippen LogP contribution is -2.30. The van der Waals surface area contributed by atoms with Crippen molar-refractivity contribution < 1.29 is 28.6 Å². The topological polar surface area (TPSA) is 78.9 Å². The van der Waals surface area contributed by atoms with Gasteiger partial charge >= 0.3 is 17.9 Å². The summed E-state index contributed by atoms with van der Waals surface area (Å²) in [7, 11) is 0. The molecule has 1 atom stereocenters. The lowest BCUT2D eigenvalue weighted by atomic mass is 10.1. The number of carbonyl (C=O) groups is 3. The molecule has 0 radical (unpaired) electrons. The number of hydrogen-bond donors (Lipinski definition) is 0.